The average Bonchev–Trinajstić information content (AvgIpc) is 2.74. The van der Waals surface area contributed by atoms with Crippen LogP contribution in [0.15, 0.2) is 35.1 Å². The van der Waals surface area contributed by atoms with Gasteiger partial charge in [0.05, 0.1) is 41.6 Å². The van der Waals surface area contributed by atoms with Crippen molar-refractivity contribution in [3.05, 3.63) is 45.6 Å². The van der Waals surface area contributed by atoms with Gasteiger partial charge in [0.2, 0.25) is 0 Å². The molecule has 0 bridgehead atoms. The van der Waals surface area contributed by atoms with Crippen molar-refractivity contribution in [2.45, 2.75) is 25.9 Å². The molecule has 1 aromatic carbocycles. The lowest BCUT2D eigenvalue weighted by Gasteiger charge is -2.45. The van der Waals surface area contributed by atoms with E-state index in [1.807, 2.05) is 27.0 Å². The molecular weight excluding hydrogens is 414 g/mol. The lowest BCUT2D eigenvalue weighted by molar-refractivity contribution is 0.227. The van der Waals surface area contributed by atoms with Crippen LogP contribution in [0.1, 0.15) is 25.3 Å². The number of hydrogen-bond acceptors (Lipinski definition) is 7. The van der Waals surface area contributed by atoms with Crippen molar-refractivity contribution in [3.63, 3.8) is 0 Å². The molecule has 160 valence electrons. The van der Waals surface area contributed by atoms with E-state index in [2.05, 4.69) is 23.1 Å². The topological polar surface area (TPSA) is 119 Å². The van der Waals surface area contributed by atoms with Crippen LogP contribution in [0.4, 0.5) is 0 Å². The third-order valence-electron chi connectivity index (χ3n) is 5.81. The van der Waals surface area contributed by atoms with Crippen LogP contribution < -0.4 is 15.2 Å². The summed E-state index contributed by atoms with van der Waals surface area (Å²) in [4.78, 5) is 2.08. The van der Waals surface area contributed by atoms with E-state index in [0.29, 0.717) is 35.2 Å². The van der Waals surface area contributed by atoms with Crippen LogP contribution in [0.2, 0.25) is 5.02 Å². The molecule has 0 unspecified atom stereocenters. The summed E-state index contributed by atoms with van der Waals surface area (Å²) < 4.78 is 11.3. The van der Waals surface area contributed by atoms with Crippen LogP contribution in [-0.2, 0) is 0 Å². The molecule has 0 saturated carbocycles. The van der Waals surface area contributed by atoms with Gasteiger partial charge in [0, 0.05) is 24.9 Å². The Morgan fingerprint density at radius 1 is 1.26 bits per heavy atom. The number of allylic oxidation sites excluding steroid dienone is 2. The van der Waals surface area contributed by atoms with Gasteiger partial charge in [0.1, 0.15) is 6.07 Å². The fourth-order valence-corrected chi connectivity index (χ4v) is 4.73. The summed E-state index contributed by atoms with van der Waals surface area (Å²) in [5.74, 6) is -0.133. The van der Waals surface area contributed by atoms with Gasteiger partial charge in [-0.05, 0) is 44.2 Å². The molecule has 0 spiro atoms. The van der Waals surface area contributed by atoms with Crippen LogP contribution in [-0.4, -0.2) is 38.3 Å². The number of rotatable bonds is 4. The van der Waals surface area contributed by atoms with E-state index < -0.39 is 11.3 Å². The van der Waals surface area contributed by atoms with Crippen molar-refractivity contribution in [2.75, 3.05) is 27.2 Å². The molecule has 0 radical (unpaired) electrons. The minimum Gasteiger partial charge on any atom is -0.493 e. The summed E-state index contributed by atoms with van der Waals surface area (Å²) in [5, 5.41) is 30.4. The van der Waals surface area contributed by atoms with E-state index in [1.54, 1.807) is 12.1 Å². The third kappa shape index (κ3) is 3.59. The van der Waals surface area contributed by atoms with Crippen molar-refractivity contribution in [1.29, 1.82) is 15.8 Å². The molecule has 1 aliphatic carbocycles. The summed E-state index contributed by atoms with van der Waals surface area (Å²) in [6.45, 7) is 4.97. The normalized spacial score (nSPS) is 22.6. The first-order chi connectivity index (χ1) is 14.7. The molecule has 3 rings (SSSR count). The first-order valence-corrected chi connectivity index (χ1v) is 10.3. The monoisotopic (exact) mass is 437 g/mol. The maximum absolute atomic E-state index is 10.2. The fraction of sp³-hybridized carbons (Fsp3) is 0.435. The highest BCUT2D eigenvalue weighted by molar-refractivity contribution is 6.32. The van der Waals surface area contributed by atoms with Crippen LogP contribution in [0.3, 0.4) is 0 Å². The van der Waals surface area contributed by atoms with Gasteiger partial charge in [-0.2, -0.15) is 15.8 Å². The van der Waals surface area contributed by atoms with E-state index in [4.69, 9.17) is 26.8 Å². The van der Waals surface area contributed by atoms with Crippen LogP contribution in [0, 0.1) is 45.3 Å². The number of hydrogen-bond donors (Lipinski definition) is 1. The number of fused-ring (bicyclic) bond motifs is 1. The Morgan fingerprint density at radius 2 is 1.94 bits per heavy atom. The number of ether oxygens (including phenoxy) is 2. The molecule has 7 nitrogen and oxygen atoms in total. The Hall–Kier alpha value is -3.18. The van der Waals surface area contributed by atoms with Gasteiger partial charge in [0.25, 0.3) is 0 Å². The zero-order valence-corrected chi connectivity index (χ0v) is 18.7. The van der Waals surface area contributed by atoms with Crippen LogP contribution >= 0.6 is 11.6 Å². The molecule has 0 amide bonds. The molecule has 1 heterocycles. The quantitative estimate of drug-likeness (QED) is 0.765. The molecule has 0 fully saturated rings. The highest BCUT2D eigenvalue weighted by Gasteiger charge is 2.54. The van der Waals surface area contributed by atoms with Crippen molar-refractivity contribution in [3.8, 4) is 29.7 Å². The first kappa shape index (κ1) is 22.5. The summed E-state index contributed by atoms with van der Waals surface area (Å²) >= 11 is 6.56. The number of nitrogens with zero attached hydrogens (tertiary/aromatic N) is 4. The number of benzene rings is 1. The zero-order valence-electron chi connectivity index (χ0n) is 17.9. The third-order valence-corrected chi connectivity index (χ3v) is 6.09. The maximum atomic E-state index is 10.2. The van der Waals surface area contributed by atoms with Crippen molar-refractivity contribution in [1.82, 2.24) is 4.90 Å². The van der Waals surface area contributed by atoms with E-state index in [-0.39, 0.29) is 23.3 Å². The molecule has 31 heavy (non-hydrogen) atoms. The summed E-state index contributed by atoms with van der Waals surface area (Å²) in [6.07, 6.45) is 1.82. The van der Waals surface area contributed by atoms with Gasteiger partial charge in [-0.3, -0.25) is 0 Å². The molecule has 8 heteroatoms. The Morgan fingerprint density at radius 3 is 2.48 bits per heavy atom. The Kier molecular flexibility index (Phi) is 6.18. The number of nitriles is 3. The van der Waals surface area contributed by atoms with Gasteiger partial charge in [0.15, 0.2) is 16.9 Å². The number of methoxy groups -OCH3 is 1. The van der Waals surface area contributed by atoms with Gasteiger partial charge in [-0.1, -0.05) is 17.7 Å². The summed E-state index contributed by atoms with van der Waals surface area (Å²) in [7, 11) is 3.46. The first-order valence-electron chi connectivity index (χ1n) is 9.89. The highest BCUT2D eigenvalue weighted by atomic mass is 35.5. The number of halogens is 1. The summed E-state index contributed by atoms with van der Waals surface area (Å²) in [6, 6.07) is 9.82. The lowest BCUT2D eigenvalue weighted by atomic mass is 9.58. The van der Waals surface area contributed by atoms with Crippen molar-refractivity contribution in [2.24, 2.45) is 17.1 Å². The average molecular weight is 438 g/mol. The van der Waals surface area contributed by atoms with E-state index in [0.717, 1.165) is 5.57 Å². The number of nitrogens with two attached hydrogens (primary N) is 1. The second-order valence-corrected chi connectivity index (χ2v) is 8.50. The van der Waals surface area contributed by atoms with Gasteiger partial charge in [-0.15, -0.1) is 0 Å². The fourth-order valence-electron chi connectivity index (χ4n) is 4.47. The molecule has 1 aromatic rings. The van der Waals surface area contributed by atoms with Gasteiger partial charge in [-0.25, -0.2) is 0 Å². The van der Waals surface area contributed by atoms with E-state index >= 15 is 0 Å². The van der Waals surface area contributed by atoms with Crippen LogP contribution in [0.5, 0.6) is 11.5 Å². The van der Waals surface area contributed by atoms with E-state index in [9.17, 15) is 15.8 Å². The largest absolute Gasteiger partial charge is 0.493 e. The highest BCUT2D eigenvalue weighted by Crippen LogP contribution is 2.55. The molecular formula is C23H24ClN5O2. The Bertz CT molecular complexity index is 1070. The molecule has 0 aromatic heterocycles. The second-order valence-electron chi connectivity index (χ2n) is 8.10. The molecule has 1 aliphatic heterocycles. The van der Waals surface area contributed by atoms with Crippen molar-refractivity contribution < 1.29 is 9.47 Å². The lowest BCUT2D eigenvalue weighted by Crippen LogP contribution is -2.47. The maximum Gasteiger partial charge on any atom is 0.191 e. The molecule has 0 saturated heterocycles. The number of likely N-dealkylation sites (N-methyl/N-ethyl adjacent to an activating group) is 1. The summed E-state index contributed by atoms with van der Waals surface area (Å²) in [5.41, 5.74) is 6.21. The Labute approximate surface area is 187 Å². The molecule has 2 aliphatic rings. The van der Waals surface area contributed by atoms with E-state index in [1.165, 1.54) is 7.11 Å². The minimum absolute atomic E-state index is 0.0188. The predicted molar refractivity (Wildman–Crippen MR) is 116 cm³/mol. The standard InChI is InChI=1S/C23H24ClN5O2/c1-13(2)31-21-18(24)7-14(8-19(21)30-4)20-17-10-29(3)6-5-15(17)16(9-25)22(28)23(20,11-26)12-27/h5,7-8,13,17,20H,6,10,28H2,1-4H3/t17-,20-/m1/s1. The minimum atomic E-state index is -1.72. The Balaban J connectivity index is 2.31. The van der Waals surface area contributed by atoms with Crippen molar-refractivity contribution >= 4 is 11.6 Å². The molecule has 2 N–H and O–H groups in total. The molecule has 2 atom stereocenters. The van der Waals surface area contributed by atoms with Gasteiger partial charge >= 0.3 is 0 Å². The SMILES string of the molecule is COc1cc([C@@H]2[C@@H]3CN(C)CC=C3C(C#N)=C(N)C2(C#N)C#N)cc(Cl)c1OC(C)C. The second kappa shape index (κ2) is 8.52. The smallest absolute Gasteiger partial charge is 0.191 e. The zero-order chi connectivity index (χ0) is 22.9. The van der Waals surface area contributed by atoms with Gasteiger partial charge < -0.3 is 20.1 Å². The van der Waals surface area contributed by atoms with Crippen LogP contribution in [0.25, 0.3) is 0 Å². The predicted octanol–water partition coefficient (Wildman–Crippen LogP) is 3.49.